The summed E-state index contributed by atoms with van der Waals surface area (Å²) in [6.45, 7) is 10.8. The number of hydrogen-bond donors (Lipinski definition) is 2. The van der Waals surface area contributed by atoms with E-state index in [1.807, 2.05) is 54.0 Å². The van der Waals surface area contributed by atoms with E-state index >= 15 is 0 Å². The van der Waals surface area contributed by atoms with Crippen LogP contribution in [0.1, 0.15) is 69.8 Å². The van der Waals surface area contributed by atoms with Crippen LogP contribution >= 0.6 is 0 Å². The van der Waals surface area contributed by atoms with Crippen molar-refractivity contribution in [3.8, 4) is 0 Å². The first-order chi connectivity index (χ1) is 21.9. The number of likely N-dealkylation sites (N-methyl/N-ethyl adjacent to an activating group) is 1. The van der Waals surface area contributed by atoms with Gasteiger partial charge in [0.1, 0.15) is 5.82 Å². The SMILES string of the molecule is CCCn1c(=O)c2c(nc(Cc3ccccc3)n2CCN(CC)CC)n(CCc2ccc(NC(=O)CCCCCN)cc2)c1=O. The van der Waals surface area contributed by atoms with Crippen LogP contribution < -0.4 is 22.3 Å². The molecule has 0 saturated heterocycles. The Labute approximate surface area is 265 Å². The van der Waals surface area contributed by atoms with E-state index in [1.165, 1.54) is 4.57 Å². The van der Waals surface area contributed by atoms with E-state index < -0.39 is 0 Å². The van der Waals surface area contributed by atoms with Crippen LogP contribution in [0.2, 0.25) is 0 Å². The lowest BCUT2D eigenvalue weighted by Gasteiger charge is -2.19. The Morgan fingerprint density at radius 1 is 0.844 bits per heavy atom. The summed E-state index contributed by atoms with van der Waals surface area (Å²) in [6.07, 6.45) is 4.99. The number of carbonyl (C=O) groups is 1. The fraction of sp³-hybridized carbons (Fsp3) is 0.486. The quantitative estimate of drug-likeness (QED) is 0.160. The van der Waals surface area contributed by atoms with Crippen molar-refractivity contribution in [2.75, 3.05) is 31.5 Å². The van der Waals surface area contributed by atoms with Crippen molar-refractivity contribution >= 4 is 22.8 Å². The number of benzene rings is 2. The van der Waals surface area contributed by atoms with Gasteiger partial charge >= 0.3 is 5.69 Å². The monoisotopic (exact) mass is 615 g/mol. The Kier molecular flexibility index (Phi) is 12.7. The zero-order valence-corrected chi connectivity index (χ0v) is 27.1. The van der Waals surface area contributed by atoms with Crippen LogP contribution in [-0.4, -0.2) is 55.7 Å². The van der Waals surface area contributed by atoms with E-state index in [0.717, 1.165) is 61.5 Å². The lowest BCUT2D eigenvalue weighted by atomic mass is 10.1. The summed E-state index contributed by atoms with van der Waals surface area (Å²) in [5.74, 6) is 0.778. The van der Waals surface area contributed by atoms with Crippen LogP contribution in [0.4, 0.5) is 5.69 Å². The number of nitrogens with one attached hydrogen (secondary N) is 1. The molecule has 0 unspecified atom stereocenters. The molecule has 242 valence electrons. The van der Waals surface area contributed by atoms with Crippen LogP contribution in [-0.2, 0) is 37.3 Å². The van der Waals surface area contributed by atoms with Gasteiger partial charge in [0.2, 0.25) is 5.91 Å². The molecule has 0 radical (unpaired) electrons. The third-order valence-corrected chi connectivity index (χ3v) is 8.35. The molecule has 10 heteroatoms. The zero-order chi connectivity index (χ0) is 32.2. The summed E-state index contributed by atoms with van der Waals surface area (Å²) in [6, 6.07) is 17.8. The van der Waals surface area contributed by atoms with Crippen LogP contribution in [0.25, 0.3) is 11.2 Å². The van der Waals surface area contributed by atoms with E-state index in [2.05, 4.69) is 36.2 Å². The van der Waals surface area contributed by atoms with E-state index in [4.69, 9.17) is 10.7 Å². The second-order valence-corrected chi connectivity index (χ2v) is 11.5. The van der Waals surface area contributed by atoms with Gasteiger partial charge in [0, 0.05) is 44.7 Å². The Morgan fingerprint density at radius 2 is 1.58 bits per heavy atom. The van der Waals surface area contributed by atoms with Crippen molar-refractivity contribution in [2.45, 2.75) is 85.4 Å². The Morgan fingerprint density at radius 3 is 2.24 bits per heavy atom. The molecule has 4 aromatic rings. The van der Waals surface area contributed by atoms with Crippen LogP contribution in [0.15, 0.2) is 64.2 Å². The van der Waals surface area contributed by atoms with Crippen molar-refractivity contribution in [3.63, 3.8) is 0 Å². The molecule has 3 N–H and O–H groups in total. The number of amides is 1. The highest BCUT2D eigenvalue weighted by molar-refractivity contribution is 5.90. The summed E-state index contributed by atoms with van der Waals surface area (Å²) in [5, 5.41) is 2.96. The lowest BCUT2D eigenvalue weighted by Crippen LogP contribution is -2.41. The Bertz CT molecular complexity index is 1630. The number of carbonyl (C=O) groups excluding carboxylic acids is 1. The molecule has 4 rings (SSSR count). The second-order valence-electron chi connectivity index (χ2n) is 11.5. The van der Waals surface area contributed by atoms with Crippen molar-refractivity contribution in [3.05, 3.63) is 92.4 Å². The number of imidazole rings is 1. The maximum absolute atomic E-state index is 13.9. The molecule has 0 spiro atoms. The molecule has 0 aliphatic carbocycles. The first-order valence-corrected chi connectivity index (χ1v) is 16.5. The first kappa shape index (κ1) is 33.9. The molecule has 45 heavy (non-hydrogen) atoms. The number of fused-ring (bicyclic) bond motifs is 1. The second kappa shape index (κ2) is 16.9. The minimum absolute atomic E-state index is 0.00483. The predicted molar refractivity (Wildman–Crippen MR) is 182 cm³/mol. The van der Waals surface area contributed by atoms with Gasteiger partial charge in [-0.1, -0.05) is 69.7 Å². The van der Waals surface area contributed by atoms with E-state index in [0.29, 0.717) is 63.0 Å². The third-order valence-electron chi connectivity index (χ3n) is 8.35. The lowest BCUT2D eigenvalue weighted by molar-refractivity contribution is -0.116. The number of rotatable bonds is 18. The normalized spacial score (nSPS) is 11.5. The highest BCUT2D eigenvalue weighted by atomic mass is 16.2. The predicted octanol–water partition coefficient (Wildman–Crippen LogP) is 4.40. The maximum atomic E-state index is 13.9. The van der Waals surface area contributed by atoms with Gasteiger partial charge in [0.15, 0.2) is 11.2 Å². The summed E-state index contributed by atoms with van der Waals surface area (Å²) >= 11 is 0. The summed E-state index contributed by atoms with van der Waals surface area (Å²) in [4.78, 5) is 47.3. The van der Waals surface area contributed by atoms with Crippen LogP contribution in [0.5, 0.6) is 0 Å². The minimum Gasteiger partial charge on any atom is -0.330 e. The molecular weight excluding hydrogens is 566 g/mol. The highest BCUT2D eigenvalue weighted by Crippen LogP contribution is 2.18. The average molecular weight is 616 g/mol. The van der Waals surface area contributed by atoms with Crippen molar-refractivity contribution in [1.82, 2.24) is 23.6 Å². The summed E-state index contributed by atoms with van der Waals surface area (Å²) in [7, 11) is 0. The fourth-order valence-corrected chi connectivity index (χ4v) is 5.72. The molecular formula is C35H49N7O3. The standard InChI is InChI=1S/C35H49N7O3/c1-4-22-42-34(44)32-33(38-30(26-28-13-9-7-10-14-28)40(32)25-24-39(5-2)6-3)41(35(42)45)23-20-27-16-18-29(19-17-27)37-31(43)15-11-8-12-21-36/h7,9-10,13-14,16-19H,4-6,8,11-12,15,20-26,36H2,1-3H3,(H,37,43). The van der Waals surface area contributed by atoms with Crippen molar-refractivity contribution in [1.29, 1.82) is 0 Å². The number of unbranched alkanes of at least 4 members (excludes halogenated alkanes) is 2. The molecule has 2 heterocycles. The van der Waals surface area contributed by atoms with Gasteiger partial charge in [-0.3, -0.25) is 18.7 Å². The molecule has 10 nitrogen and oxygen atoms in total. The van der Waals surface area contributed by atoms with Gasteiger partial charge < -0.3 is 20.5 Å². The van der Waals surface area contributed by atoms with Crippen molar-refractivity contribution < 1.29 is 4.79 Å². The number of aromatic nitrogens is 4. The van der Waals surface area contributed by atoms with Gasteiger partial charge in [-0.25, -0.2) is 9.78 Å². The summed E-state index contributed by atoms with van der Waals surface area (Å²) in [5.41, 5.74) is 8.74. The molecule has 1 amide bonds. The van der Waals surface area contributed by atoms with Crippen LogP contribution in [0, 0.1) is 0 Å². The maximum Gasteiger partial charge on any atom is 0.332 e. The highest BCUT2D eigenvalue weighted by Gasteiger charge is 2.22. The van der Waals surface area contributed by atoms with Gasteiger partial charge in [-0.15, -0.1) is 0 Å². The molecule has 0 aliphatic heterocycles. The number of anilines is 1. The fourth-order valence-electron chi connectivity index (χ4n) is 5.72. The number of nitrogens with zero attached hydrogens (tertiary/aromatic N) is 5. The first-order valence-electron chi connectivity index (χ1n) is 16.5. The molecule has 0 bridgehead atoms. The molecule has 2 aromatic heterocycles. The molecule has 2 aromatic carbocycles. The van der Waals surface area contributed by atoms with Crippen LogP contribution in [0.3, 0.4) is 0 Å². The zero-order valence-electron chi connectivity index (χ0n) is 27.1. The number of aryl methyl sites for hydroxylation is 2. The Balaban J connectivity index is 1.65. The van der Waals surface area contributed by atoms with Gasteiger partial charge in [0.25, 0.3) is 5.56 Å². The molecule has 0 fully saturated rings. The topological polar surface area (TPSA) is 120 Å². The van der Waals surface area contributed by atoms with Gasteiger partial charge in [0.05, 0.1) is 0 Å². The van der Waals surface area contributed by atoms with E-state index in [9.17, 15) is 14.4 Å². The smallest absolute Gasteiger partial charge is 0.330 e. The minimum atomic E-state index is -0.326. The van der Waals surface area contributed by atoms with E-state index in [1.54, 1.807) is 4.57 Å². The number of nitrogens with two attached hydrogens (primary N) is 1. The number of hydrogen-bond acceptors (Lipinski definition) is 6. The van der Waals surface area contributed by atoms with Crippen molar-refractivity contribution in [2.24, 2.45) is 5.73 Å². The molecule has 0 aliphatic rings. The largest absolute Gasteiger partial charge is 0.332 e. The van der Waals surface area contributed by atoms with Gasteiger partial charge in [-0.05, 0) is 68.6 Å². The molecule has 0 atom stereocenters. The summed E-state index contributed by atoms with van der Waals surface area (Å²) < 4.78 is 5.08. The Hall–Kier alpha value is -4.02. The molecule has 0 saturated carbocycles. The van der Waals surface area contributed by atoms with E-state index in [-0.39, 0.29) is 17.2 Å². The average Bonchev–Trinajstić information content (AvgIpc) is 3.40. The van der Waals surface area contributed by atoms with Gasteiger partial charge in [-0.2, -0.15) is 0 Å². The third kappa shape index (κ3) is 8.79.